The highest BCUT2D eigenvalue weighted by Crippen LogP contribution is 2.09. The Labute approximate surface area is 136 Å². The Morgan fingerprint density at radius 2 is 2.00 bits per heavy atom. The van der Waals surface area contributed by atoms with Gasteiger partial charge >= 0.3 is 0 Å². The van der Waals surface area contributed by atoms with E-state index in [0.29, 0.717) is 38.2 Å². The van der Waals surface area contributed by atoms with E-state index in [9.17, 15) is 14.0 Å². The van der Waals surface area contributed by atoms with Gasteiger partial charge in [0.2, 0.25) is 5.91 Å². The van der Waals surface area contributed by atoms with Crippen LogP contribution in [0.15, 0.2) is 24.3 Å². The first-order valence-corrected chi connectivity index (χ1v) is 8.15. The topological polar surface area (TPSA) is 52.7 Å². The number of amides is 2. The smallest absolute Gasteiger partial charge is 0.253 e. The number of hydrogen-bond acceptors (Lipinski definition) is 3. The zero-order valence-electron chi connectivity index (χ0n) is 13.6. The number of nitrogens with zero attached hydrogens (tertiary/aromatic N) is 2. The molecule has 1 aromatic rings. The molecule has 0 spiro atoms. The van der Waals surface area contributed by atoms with Gasteiger partial charge < -0.3 is 15.1 Å². The van der Waals surface area contributed by atoms with Crippen LogP contribution in [-0.4, -0.2) is 60.9 Å². The highest BCUT2D eigenvalue weighted by atomic mass is 19.1. The van der Waals surface area contributed by atoms with E-state index < -0.39 is 5.82 Å². The second-order valence-electron chi connectivity index (χ2n) is 5.68. The molecule has 5 nitrogen and oxygen atoms in total. The molecule has 126 valence electrons. The minimum absolute atomic E-state index is 0.0691. The van der Waals surface area contributed by atoms with Crippen LogP contribution in [0, 0.1) is 5.82 Å². The minimum atomic E-state index is -0.427. The third-order valence-electron chi connectivity index (χ3n) is 3.92. The Morgan fingerprint density at radius 3 is 2.65 bits per heavy atom. The molecule has 0 bridgehead atoms. The molecule has 6 heteroatoms. The lowest BCUT2D eigenvalue weighted by molar-refractivity contribution is -0.131. The van der Waals surface area contributed by atoms with Crippen LogP contribution in [0.5, 0.6) is 0 Å². The van der Waals surface area contributed by atoms with Gasteiger partial charge in [-0.1, -0.05) is 13.0 Å². The van der Waals surface area contributed by atoms with E-state index in [1.54, 1.807) is 11.0 Å². The van der Waals surface area contributed by atoms with Gasteiger partial charge in [0.15, 0.2) is 0 Å². The maximum absolute atomic E-state index is 13.3. The highest BCUT2D eigenvalue weighted by Gasteiger charge is 2.20. The summed E-state index contributed by atoms with van der Waals surface area (Å²) >= 11 is 0. The fourth-order valence-electron chi connectivity index (χ4n) is 2.69. The summed E-state index contributed by atoms with van der Waals surface area (Å²) in [7, 11) is 0. The molecule has 1 saturated heterocycles. The lowest BCUT2D eigenvalue weighted by Crippen LogP contribution is -2.47. The quantitative estimate of drug-likeness (QED) is 0.864. The average Bonchev–Trinajstić information content (AvgIpc) is 2.58. The molecule has 23 heavy (non-hydrogen) atoms. The molecule has 2 rings (SSSR count). The van der Waals surface area contributed by atoms with E-state index in [2.05, 4.69) is 5.32 Å². The van der Waals surface area contributed by atoms with Crippen LogP contribution in [0.2, 0.25) is 0 Å². The van der Waals surface area contributed by atoms with Crippen LogP contribution in [0.3, 0.4) is 0 Å². The van der Waals surface area contributed by atoms with Crippen molar-refractivity contribution in [3.05, 3.63) is 35.6 Å². The molecule has 2 amide bonds. The molecule has 0 aliphatic carbocycles. The maximum Gasteiger partial charge on any atom is 0.253 e. The van der Waals surface area contributed by atoms with Crippen LogP contribution >= 0.6 is 0 Å². The van der Waals surface area contributed by atoms with E-state index in [1.165, 1.54) is 18.2 Å². The molecule has 1 aromatic carbocycles. The number of halogens is 1. The predicted octanol–water partition coefficient (Wildman–Crippen LogP) is 1.50. The monoisotopic (exact) mass is 321 g/mol. The lowest BCUT2D eigenvalue weighted by Gasteiger charge is -2.29. The fourth-order valence-corrected chi connectivity index (χ4v) is 2.69. The van der Waals surface area contributed by atoms with Gasteiger partial charge in [0.05, 0.1) is 0 Å². The maximum atomic E-state index is 13.3. The van der Waals surface area contributed by atoms with Crippen molar-refractivity contribution in [1.29, 1.82) is 0 Å². The summed E-state index contributed by atoms with van der Waals surface area (Å²) in [4.78, 5) is 28.2. The van der Waals surface area contributed by atoms with E-state index >= 15 is 0 Å². The van der Waals surface area contributed by atoms with Crippen molar-refractivity contribution in [2.45, 2.75) is 19.8 Å². The Balaban J connectivity index is 1.95. The average molecular weight is 321 g/mol. The molecule has 1 fully saturated rings. The van der Waals surface area contributed by atoms with Crippen molar-refractivity contribution in [3.63, 3.8) is 0 Å². The second-order valence-corrected chi connectivity index (χ2v) is 5.68. The van der Waals surface area contributed by atoms with E-state index in [1.807, 2.05) is 11.8 Å². The number of carbonyl (C=O) groups excluding carboxylic acids is 2. The van der Waals surface area contributed by atoms with Crippen molar-refractivity contribution in [1.82, 2.24) is 15.1 Å². The first kappa shape index (κ1) is 17.4. The van der Waals surface area contributed by atoms with E-state index in [4.69, 9.17) is 0 Å². The summed E-state index contributed by atoms with van der Waals surface area (Å²) in [6.07, 6.45) is 1.10. The lowest BCUT2D eigenvalue weighted by atomic mass is 10.1. The van der Waals surface area contributed by atoms with Crippen LogP contribution in [-0.2, 0) is 4.79 Å². The number of piperazine rings is 1. The van der Waals surface area contributed by atoms with Gasteiger partial charge in [0, 0.05) is 51.3 Å². The fraction of sp³-hybridized carbons (Fsp3) is 0.529. The van der Waals surface area contributed by atoms with Crippen molar-refractivity contribution in [2.75, 3.05) is 39.3 Å². The number of nitrogens with one attached hydrogen (secondary N) is 1. The molecule has 0 unspecified atom stereocenters. The molecule has 0 atom stereocenters. The highest BCUT2D eigenvalue weighted by molar-refractivity contribution is 5.94. The Kier molecular flexibility index (Phi) is 6.52. The number of benzene rings is 1. The summed E-state index contributed by atoms with van der Waals surface area (Å²) in [6.45, 7) is 5.95. The zero-order valence-corrected chi connectivity index (χ0v) is 13.6. The third-order valence-corrected chi connectivity index (χ3v) is 3.92. The molecule has 0 aromatic heterocycles. The summed E-state index contributed by atoms with van der Waals surface area (Å²) in [5.41, 5.74) is 0.327. The van der Waals surface area contributed by atoms with Crippen molar-refractivity contribution < 1.29 is 14.0 Å². The van der Waals surface area contributed by atoms with Crippen LogP contribution in [0.4, 0.5) is 4.39 Å². The second kappa shape index (κ2) is 8.62. The van der Waals surface area contributed by atoms with Gasteiger partial charge in [-0.2, -0.15) is 0 Å². The van der Waals surface area contributed by atoms with Gasteiger partial charge in [0.1, 0.15) is 5.82 Å². The standard InChI is InChI=1S/C17H24FN3O2/c1-2-9-21(17(23)14-4-3-5-15(18)13-14)10-6-16(22)20-11-7-19-8-12-20/h3-5,13,19H,2,6-12H2,1H3. The minimum Gasteiger partial charge on any atom is -0.340 e. The molecule has 1 aliphatic heterocycles. The first-order chi connectivity index (χ1) is 11.1. The third kappa shape index (κ3) is 5.03. The number of carbonyl (C=O) groups is 2. The van der Waals surface area contributed by atoms with E-state index in [-0.39, 0.29) is 11.8 Å². The Hall–Kier alpha value is -1.95. The zero-order chi connectivity index (χ0) is 16.7. The largest absolute Gasteiger partial charge is 0.340 e. The van der Waals surface area contributed by atoms with Crippen LogP contribution in [0.1, 0.15) is 30.1 Å². The SMILES string of the molecule is CCCN(CCC(=O)N1CCNCC1)C(=O)c1cccc(F)c1. The number of rotatable bonds is 6. The van der Waals surface area contributed by atoms with Crippen LogP contribution in [0.25, 0.3) is 0 Å². The molecular weight excluding hydrogens is 297 g/mol. The molecule has 0 saturated carbocycles. The molecular formula is C17H24FN3O2. The summed E-state index contributed by atoms with van der Waals surface area (Å²) in [5.74, 6) is -0.580. The van der Waals surface area contributed by atoms with Crippen LogP contribution < -0.4 is 5.32 Å². The number of hydrogen-bond donors (Lipinski definition) is 1. The Bertz CT molecular complexity index is 544. The summed E-state index contributed by atoms with van der Waals surface area (Å²) in [5, 5.41) is 3.21. The molecule has 1 heterocycles. The normalized spacial score (nSPS) is 14.6. The van der Waals surface area contributed by atoms with Gasteiger partial charge in [-0.15, -0.1) is 0 Å². The summed E-state index contributed by atoms with van der Waals surface area (Å²) in [6, 6.07) is 5.68. The molecule has 0 radical (unpaired) electrons. The molecule has 1 N–H and O–H groups in total. The Morgan fingerprint density at radius 1 is 1.26 bits per heavy atom. The van der Waals surface area contributed by atoms with Gasteiger partial charge in [-0.3, -0.25) is 9.59 Å². The van der Waals surface area contributed by atoms with Crippen molar-refractivity contribution in [2.24, 2.45) is 0 Å². The summed E-state index contributed by atoms with van der Waals surface area (Å²) < 4.78 is 13.3. The first-order valence-electron chi connectivity index (χ1n) is 8.15. The van der Waals surface area contributed by atoms with E-state index in [0.717, 1.165) is 19.5 Å². The molecule has 1 aliphatic rings. The van der Waals surface area contributed by atoms with Gasteiger partial charge in [-0.05, 0) is 24.6 Å². The van der Waals surface area contributed by atoms with Crippen molar-refractivity contribution >= 4 is 11.8 Å². The predicted molar refractivity (Wildman–Crippen MR) is 86.7 cm³/mol. The van der Waals surface area contributed by atoms with Crippen molar-refractivity contribution in [3.8, 4) is 0 Å². The van der Waals surface area contributed by atoms with Gasteiger partial charge in [0.25, 0.3) is 5.91 Å². The van der Waals surface area contributed by atoms with Gasteiger partial charge in [-0.25, -0.2) is 4.39 Å².